The fourth-order valence-corrected chi connectivity index (χ4v) is 2.43. The van der Waals surface area contributed by atoms with Gasteiger partial charge in [-0.3, -0.25) is 4.79 Å². The molecule has 3 N–H and O–H groups in total. The number of nitrogen functional groups attached to an aromatic ring is 1. The second kappa shape index (κ2) is 5.28. The van der Waals surface area contributed by atoms with E-state index in [-0.39, 0.29) is 11.4 Å². The lowest BCUT2D eigenvalue weighted by atomic mass is 9.94. The Kier molecular flexibility index (Phi) is 3.92. The summed E-state index contributed by atoms with van der Waals surface area (Å²) in [6.07, 6.45) is 1.91. The molecule has 18 heavy (non-hydrogen) atoms. The van der Waals surface area contributed by atoms with Gasteiger partial charge in [-0.05, 0) is 53.9 Å². The molecule has 1 fully saturated rings. The summed E-state index contributed by atoms with van der Waals surface area (Å²) in [5.74, 6) is -0.0938. The van der Waals surface area contributed by atoms with E-state index in [1.165, 1.54) is 0 Å². The topological polar surface area (TPSA) is 64.4 Å². The average molecular weight is 313 g/mol. The van der Waals surface area contributed by atoms with Crippen LogP contribution in [0.25, 0.3) is 0 Å². The molecule has 1 saturated heterocycles. The third-order valence-electron chi connectivity index (χ3n) is 3.12. The second-order valence-corrected chi connectivity index (χ2v) is 5.76. The Morgan fingerprint density at radius 1 is 1.56 bits per heavy atom. The smallest absolute Gasteiger partial charge is 0.251 e. The second-order valence-electron chi connectivity index (χ2n) is 4.91. The number of hydrogen-bond acceptors (Lipinski definition) is 3. The zero-order chi connectivity index (χ0) is 13.2. The van der Waals surface area contributed by atoms with E-state index in [2.05, 4.69) is 21.2 Å². The van der Waals surface area contributed by atoms with Gasteiger partial charge in [-0.2, -0.15) is 0 Å². The molecule has 5 heteroatoms. The Bertz CT molecular complexity index is 456. The van der Waals surface area contributed by atoms with Crippen molar-refractivity contribution in [2.24, 2.45) is 0 Å². The molecule has 0 radical (unpaired) electrons. The summed E-state index contributed by atoms with van der Waals surface area (Å²) in [7, 11) is 0. The van der Waals surface area contributed by atoms with E-state index in [4.69, 9.17) is 10.5 Å². The molecule has 1 aromatic carbocycles. The first-order valence-electron chi connectivity index (χ1n) is 5.95. The zero-order valence-electron chi connectivity index (χ0n) is 10.3. The van der Waals surface area contributed by atoms with Gasteiger partial charge in [0.25, 0.3) is 5.91 Å². The predicted molar refractivity (Wildman–Crippen MR) is 74.5 cm³/mol. The molecule has 1 aromatic rings. The Labute approximate surface area is 115 Å². The number of rotatable bonds is 2. The molecule has 0 spiro atoms. The van der Waals surface area contributed by atoms with Gasteiger partial charge in [-0.1, -0.05) is 0 Å². The van der Waals surface area contributed by atoms with Crippen molar-refractivity contribution in [3.8, 4) is 0 Å². The molecule has 98 valence electrons. The van der Waals surface area contributed by atoms with Crippen LogP contribution in [-0.4, -0.2) is 24.7 Å². The van der Waals surface area contributed by atoms with Crippen molar-refractivity contribution in [3.05, 3.63) is 28.2 Å². The maximum absolute atomic E-state index is 12.2. The molecular formula is C13H17BrN2O2. The van der Waals surface area contributed by atoms with Gasteiger partial charge >= 0.3 is 0 Å². The molecule has 1 atom stereocenters. The van der Waals surface area contributed by atoms with Gasteiger partial charge in [0, 0.05) is 22.3 Å². The van der Waals surface area contributed by atoms with Crippen LogP contribution in [-0.2, 0) is 4.74 Å². The summed E-state index contributed by atoms with van der Waals surface area (Å²) in [4.78, 5) is 12.2. The summed E-state index contributed by atoms with van der Waals surface area (Å²) < 4.78 is 6.16. The lowest BCUT2D eigenvalue weighted by Gasteiger charge is -2.34. The highest BCUT2D eigenvalue weighted by Crippen LogP contribution is 2.22. The zero-order valence-corrected chi connectivity index (χ0v) is 11.9. The van der Waals surface area contributed by atoms with Crippen molar-refractivity contribution in [2.45, 2.75) is 25.3 Å². The normalized spacial score (nSPS) is 23.7. The van der Waals surface area contributed by atoms with Crippen LogP contribution in [0.5, 0.6) is 0 Å². The van der Waals surface area contributed by atoms with Crippen molar-refractivity contribution in [1.82, 2.24) is 5.32 Å². The van der Waals surface area contributed by atoms with E-state index in [0.29, 0.717) is 17.9 Å². The van der Waals surface area contributed by atoms with E-state index in [0.717, 1.165) is 23.9 Å². The minimum atomic E-state index is -0.275. The number of halogens is 1. The van der Waals surface area contributed by atoms with Gasteiger partial charge in [0.05, 0.1) is 12.1 Å². The van der Waals surface area contributed by atoms with Gasteiger partial charge in [0.1, 0.15) is 0 Å². The third kappa shape index (κ3) is 3.03. The van der Waals surface area contributed by atoms with Gasteiger partial charge in [-0.15, -0.1) is 0 Å². The molecule has 0 saturated carbocycles. The Hall–Kier alpha value is -1.07. The Morgan fingerprint density at radius 2 is 2.33 bits per heavy atom. The monoisotopic (exact) mass is 312 g/mol. The number of anilines is 1. The Morgan fingerprint density at radius 3 is 2.94 bits per heavy atom. The Balaban J connectivity index is 2.09. The fourth-order valence-electron chi connectivity index (χ4n) is 2.05. The standard InChI is InChI=1S/C13H17BrN2O2/c1-13(5-2-6-18-8-13)16-12(17)9-3-4-11(15)10(14)7-9/h3-4,7H,2,5-6,8,15H2,1H3,(H,16,17). The van der Waals surface area contributed by atoms with Crippen molar-refractivity contribution >= 4 is 27.5 Å². The molecular weight excluding hydrogens is 296 g/mol. The first kappa shape index (κ1) is 13.4. The quantitative estimate of drug-likeness (QED) is 0.824. The number of amides is 1. The minimum Gasteiger partial charge on any atom is -0.398 e. The van der Waals surface area contributed by atoms with Gasteiger partial charge in [0.15, 0.2) is 0 Å². The highest BCUT2D eigenvalue weighted by molar-refractivity contribution is 9.10. The largest absolute Gasteiger partial charge is 0.398 e. The van der Waals surface area contributed by atoms with E-state index in [9.17, 15) is 4.79 Å². The van der Waals surface area contributed by atoms with E-state index in [1.54, 1.807) is 18.2 Å². The molecule has 0 aromatic heterocycles. The lowest BCUT2D eigenvalue weighted by Crippen LogP contribution is -2.51. The number of carbonyl (C=O) groups excluding carboxylic acids is 1. The molecule has 2 rings (SSSR count). The average Bonchev–Trinajstić information content (AvgIpc) is 2.33. The summed E-state index contributed by atoms with van der Waals surface area (Å²) in [5, 5.41) is 3.03. The van der Waals surface area contributed by atoms with Crippen molar-refractivity contribution < 1.29 is 9.53 Å². The van der Waals surface area contributed by atoms with Gasteiger partial charge in [0.2, 0.25) is 0 Å². The van der Waals surface area contributed by atoms with Crippen LogP contribution in [0.4, 0.5) is 5.69 Å². The summed E-state index contributed by atoms with van der Waals surface area (Å²) >= 11 is 3.32. The molecule has 1 heterocycles. The highest BCUT2D eigenvalue weighted by Gasteiger charge is 2.29. The van der Waals surface area contributed by atoms with Crippen molar-refractivity contribution in [3.63, 3.8) is 0 Å². The maximum Gasteiger partial charge on any atom is 0.251 e. The summed E-state index contributed by atoms with van der Waals surface area (Å²) in [6, 6.07) is 5.18. The van der Waals surface area contributed by atoms with Crippen molar-refractivity contribution in [1.29, 1.82) is 0 Å². The predicted octanol–water partition coefficient (Wildman–Crippen LogP) is 2.33. The fraction of sp³-hybridized carbons (Fsp3) is 0.462. The van der Waals surface area contributed by atoms with Crippen LogP contribution >= 0.6 is 15.9 Å². The molecule has 0 bridgehead atoms. The lowest BCUT2D eigenvalue weighted by molar-refractivity contribution is 0.0272. The van der Waals surface area contributed by atoms with Crippen molar-refractivity contribution in [2.75, 3.05) is 18.9 Å². The van der Waals surface area contributed by atoms with Crippen LogP contribution < -0.4 is 11.1 Å². The highest BCUT2D eigenvalue weighted by atomic mass is 79.9. The molecule has 0 aliphatic carbocycles. The maximum atomic E-state index is 12.2. The molecule has 1 aliphatic heterocycles. The van der Waals surface area contributed by atoms with Crippen LogP contribution in [0.3, 0.4) is 0 Å². The summed E-state index contributed by atoms with van der Waals surface area (Å²) in [6.45, 7) is 3.35. The van der Waals surface area contributed by atoms with Crippen LogP contribution in [0.2, 0.25) is 0 Å². The summed E-state index contributed by atoms with van der Waals surface area (Å²) in [5.41, 5.74) is 6.65. The van der Waals surface area contributed by atoms with Gasteiger partial charge in [-0.25, -0.2) is 0 Å². The number of nitrogens with two attached hydrogens (primary N) is 1. The number of carbonyl (C=O) groups is 1. The SMILES string of the molecule is CC1(NC(=O)c2ccc(N)c(Br)c2)CCCOC1. The number of nitrogens with one attached hydrogen (secondary N) is 1. The van der Waals surface area contributed by atoms with Crippen LogP contribution in [0, 0.1) is 0 Å². The van der Waals surface area contributed by atoms with Crippen LogP contribution in [0.1, 0.15) is 30.1 Å². The third-order valence-corrected chi connectivity index (χ3v) is 3.80. The molecule has 1 aliphatic rings. The van der Waals surface area contributed by atoms with Gasteiger partial charge < -0.3 is 15.8 Å². The molecule has 1 amide bonds. The van der Waals surface area contributed by atoms with E-state index >= 15 is 0 Å². The number of benzene rings is 1. The first-order chi connectivity index (χ1) is 8.50. The number of ether oxygens (including phenoxy) is 1. The van der Waals surface area contributed by atoms with E-state index < -0.39 is 0 Å². The molecule has 4 nitrogen and oxygen atoms in total. The number of hydrogen-bond donors (Lipinski definition) is 2. The first-order valence-corrected chi connectivity index (χ1v) is 6.75. The molecule has 1 unspecified atom stereocenters. The minimum absolute atomic E-state index is 0.0938. The van der Waals surface area contributed by atoms with E-state index in [1.807, 2.05) is 6.92 Å². The van der Waals surface area contributed by atoms with Crippen LogP contribution in [0.15, 0.2) is 22.7 Å².